The number of nitrogens with one attached hydrogen (secondary N) is 1. The van der Waals surface area contributed by atoms with Gasteiger partial charge in [0.25, 0.3) is 5.91 Å². The fourth-order valence-corrected chi connectivity index (χ4v) is 2.94. The highest BCUT2D eigenvalue weighted by Gasteiger charge is 2.23. The first-order valence-corrected chi connectivity index (χ1v) is 9.00. The number of ether oxygens (including phenoxy) is 1. The van der Waals surface area contributed by atoms with Gasteiger partial charge in [0, 0.05) is 37.8 Å². The number of amides is 3. The maximum atomic E-state index is 12.8. The minimum atomic E-state index is -0.0544. The lowest BCUT2D eigenvalue weighted by molar-refractivity contribution is 0.0762. The third kappa shape index (κ3) is 5.11. The first-order chi connectivity index (χ1) is 11.9. The standard InChI is InChI=1S/C19H29N3O3/c1-5-25-17-8-7-16(13-15(17)4)18(23)21-9-6-10-22(12-11-21)19(24)20-14(2)3/h7-8,13-14H,5-6,9-12H2,1-4H3,(H,20,24). The van der Waals surface area contributed by atoms with Gasteiger partial charge in [0.1, 0.15) is 5.75 Å². The molecule has 3 amide bonds. The number of carbonyl (C=O) groups is 2. The summed E-state index contributed by atoms with van der Waals surface area (Å²) in [6.45, 7) is 10.8. The molecule has 138 valence electrons. The van der Waals surface area contributed by atoms with Gasteiger partial charge in [0.05, 0.1) is 6.61 Å². The van der Waals surface area contributed by atoms with Gasteiger partial charge in [-0.25, -0.2) is 4.79 Å². The third-order valence-corrected chi connectivity index (χ3v) is 4.20. The van der Waals surface area contributed by atoms with Crippen LogP contribution >= 0.6 is 0 Å². The van der Waals surface area contributed by atoms with Crippen molar-refractivity contribution in [2.75, 3.05) is 32.8 Å². The molecule has 1 aliphatic rings. The summed E-state index contributed by atoms with van der Waals surface area (Å²) in [6.07, 6.45) is 0.785. The van der Waals surface area contributed by atoms with E-state index in [0.29, 0.717) is 38.3 Å². The Morgan fingerprint density at radius 1 is 1.16 bits per heavy atom. The van der Waals surface area contributed by atoms with Crippen LogP contribution in [0.3, 0.4) is 0 Å². The van der Waals surface area contributed by atoms with Crippen LogP contribution in [-0.2, 0) is 0 Å². The zero-order valence-corrected chi connectivity index (χ0v) is 15.7. The summed E-state index contributed by atoms with van der Waals surface area (Å²) in [6, 6.07) is 5.60. The van der Waals surface area contributed by atoms with Crippen molar-refractivity contribution in [2.24, 2.45) is 0 Å². The predicted octanol–water partition coefficient (Wildman–Crippen LogP) is 2.66. The lowest BCUT2D eigenvalue weighted by Gasteiger charge is -2.23. The van der Waals surface area contributed by atoms with E-state index in [-0.39, 0.29) is 18.0 Å². The number of carbonyl (C=O) groups excluding carboxylic acids is 2. The lowest BCUT2D eigenvalue weighted by Crippen LogP contribution is -2.44. The van der Waals surface area contributed by atoms with Crippen LogP contribution in [0.25, 0.3) is 0 Å². The molecule has 1 saturated heterocycles. The minimum absolute atomic E-state index is 0.0114. The van der Waals surface area contributed by atoms with E-state index in [1.165, 1.54) is 0 Å². The fraction of sp³-hybridized carbons (Fsp3) is 0.579. The molecule has 0 spiro atoms. The Hall–Kier alpha value is -2.24. The number of nitrogens with zero attached hydrogens (tertiary/aromatic N) is 2. The van der Waals surface area contributed by atoms with Gasteiger partial charge in [-0.3, -0.25) is 4.79 Å². The molecule has 1 aromatic rings. The number of rotatable bonds is 4. The third-order valence-electron chi connectivity index (χ3n) is 4.20. The van der Waals surface area contributed by atoms with Crippen LogP contribution in [0.4, 0.5) is 4.79 Å². The maximum Gasteiger partial charge on any atom is 0.317 e. The molecule has 0 saturated carbocycles. The van der Waals surface area contributed by atoms with Crippen LogP contribution in [0.15, 0.2) is 18.2 Å². The molecular weight excluding hydrogens is 318 g/mol. The van der Waals surface area contributed by atoms with Gasteiger partial charge in [-0.2, -0.15) is 0 Å². The summed E-state index contributed by atoms with van der Waals surface area (Å²) < 4.78 is 5.53. The van der Waals surface area contributed by atoms with Gasteiger partial charge in [-0.1, -0.05) is 0 Å². The number of aryl methyl sites for hydroxylation is 1. The van der Waals surface area contributed by atoms with E-state index in [9.17, 15) is 9.59 Å². The van der Waals surface area contributed by atoms with Gasteiger partial charge >= 0.3 is 6.03 Å². The molecule has 1 fully saturated rings. The second-order valence-electron chi connectivity index (χ2n) is 6.65. The normalized spacial score (nSPS) is 15.1. The van der Waals surface area contributed by atoms with Crippen molar-refractivity contribution < 1.29 is 14.3 Å². The highest BCUT2D eigenvalue weighted by Crippen LogP contribution is 2.20. The quantitative estimate of drug-likeness (QED) is 0.911. The molecule has 2 rings (SSSR count). The maximum absolute atomic E-state index is 12.8. The van der Waals surface area contributed by atoms with Gasteiger partial charge in [0.15, 0.2) is 0 Å². The first kappa shape index (κ1) is 19.1. The van der Waals surface area contributed by atoms with Crippen LogP contribution in [-0.4, -0.2) is 60.6 Å². The van der Waals surface area contributed by atoms with E-state index in [2.05, 4.69) is 5.32 Å². The Morgan fingerprint density at radius 2 is 1.84 bits per heavy atom. The Kier molecular flexibility index (Phi) is 6.67. The molecule has 1 N–H and O–H groups in total. The fourth-order valence-electron chi connectivity index (χ4n) is 2.94. The zero-order chi connectivity index (χ0) is 18.4. The van der Waals surface area contributed by atoms with E-state index in [0.717, 1.165) is 17.7 Å². The summed E-state index contributed by atoms with van der Waals surface area (Å²) >= 11 is 0. The van der Waals surface area contributed by atoms with Gasteiger partial charge < -0.3 is 19.9 Å². The molecule has 0 aliphatic carbocycles. The van der Waals surface area contributed by atoms with E-state index < -0.39 is 0 Å². The van der Waals surface area contributed by atoms with Crippen molar-refractivity contribution in [3.63, 3.8) is 0 Å². The molecule has 1 aliphatic heterocycles. The van der Waals surface area contributed by atoms with Crippen molar-refractivity contribution >= 4 is 11.9 Å². The Labute approximate surface area is 150 Å². The highest BCUT2D eigenvalue weighted by molar-refractivity contribution is 5.94. The SMILES string of the molecule is CCOc1ccc(C(=O)N2CCCN(C(=O)NC(C)C)CC2)cc1C. The van der Waals surface area contributed by atoms with Crippen molar-refractivity contribution in [2.45, 2.75) is 40.2 Å². The Morgan fingerprint density at radius 3 is 2.48 bits per heavy atom. The summed E-state index contributed by atoms with van der Waals surface area (Å²) in [4.78, 5) is 28.6. The second-order valence-corrected chi connectivity index (χ2v) is 6.65. The molecular formula is C19H29N3O3. The van der Waals surface area contributed by atoms with Crippen molar-refractivity contribution in [1.29, 1.82) is 0 Å². The van der Waals surface area contributed by atoms with Gasteiger partial charge in [-0.05, 0) is 57.9 Å². The van der Waals surface area contributed by atoms with E-state index in [1.54, 1.807) is 4.90 Å². The Balaban J connectivity index is 2.01. The van der Waals surface area contributed by atoms with Crippen LogP contribution in [0.1, 0.15) is 43.1 Å². The summed E-state index contributed by atoms with van der Waals surface area (Å²) in [5.74, 6) is 0.823. The van der Waals surface area contributed by atoms with E-state index in [4.69, 9.17) is 4.74 Å². The predicted molar refractivity (Wildman–Crippen MR) is 98.1 cm³/mol. The number of benzene rings is 1. The molecule has 1 heterocycles. The molecule has 0 aromatic heterocycles. The van der Waals surface area contributed by atoms with Crippen LogP contribution in [0, 0.1) is 6.92 Å². The molecule has 0 atom stereocenters. The van der Waals surface area contributed by atoms with Gasteiger partial charge in [0.2, 0.25) is 0 Å². The highest BCUT2D eigenvalue weighted by atomic mass is 16.5. The van der Waals surface area contributed by atoms with Crippen molar-refractivity contribution in [3.05, 3.63) is 29.3 Å². The second kappa shape index (κ2) is 8.74. The number of hydrogen-bond donors (Lipinski definition) is 1. The molecule has 1 aromatic carbocycles. The first-order valence-electron chi connectivity index (χ1n) is 9.00. The smallest absolute Gasteiger partial charge is 0.317 e. The van der Waals surface area contributed by atoms with Crippen LogP contribution in [0.5, 0.6) is 5.75 Å². The largest absolute Gasteiger partial charge is 0.494 e. The van der Waals surface area contributed by atoms with Gasteiger partial charge in [-0.15, -0.1) is 0 Å². The zero-order valence-electron chi connectivity index (χ0n) is 15.7. The minimum Gasteiger partial charge on any atom is -0.494 e. The molecule has 25 heavy (non-hydrogen) atoms. The number of hydrogen-bond acceptors (Lipinski definition) is 3. The summed E-state index contributed by atoms with van der Waals surface area (Å²) in [5.41, 5.74) is 1.63. The van der Waals surface area contributed by atoms with E-state index in [1.807, 2.05) is 50.8 Å². The molecule has 6 nitrogen and oxygen atoms in total. The molecule has 0 radical (unpaired) electrons. The van der Waals surface area contributed by atoms with Crippen LogP contribution in [0.2, 0.25) is 0 Å². The number of urea groups is 1. The van der Waals surface area contributed by atoms with Crippen LogP contribution < -0.4 is 10.1 Å². The molecule has 0 unspecified atom stereocenters. The average molecular weight is 347 g/mol. The van der Waals surface area contributed by atoms with Crippen molar-refractivity contribution in [1.82, 2.24) is 15.1 Å². The summed E-state index contributed by atoms with van der Waals surface area (Å²) in [5, 5.41) is 2.91. The molecule has 0 bridgehead atoms. The molecule has 6 heteroatoms. The summed E-state index contributed by atoms with van der Waals surface area (Å²) in [7, 11) is 0. The topological polar surface area (TPSA) is 61.9 Å². The monoisotopic (exact) mass is 347 g/mol. The van der Waals surface area contributed by atoms with E-state index >= 15 is 0 Å². The van der Waals surface area contributed by atoms with Crippen molar-refractivity contribution in [3.8, 4) is 5.75 Å². The average Bonchev–Trinajstić information content (AvgIpc) is 2.81. The lowest BCUT2D eigenvalue weighted by atomic mass is 10.1. The Bertz CT molecular complexity index is 616.